The Hall–Kier alpha value is -4.08. The first-order chi connectivity index (χ1) is 21.7. The Morgan fingerprint density at radius 1 is 0.911 bits per heavy atom. The van der Waals surface area contributed by atoms with E-state index in [0.717, 1.165) is 73.2 Å². The van der Waals surface area contributed by atoms with Gasteiger partial charge in [-0.3, -0.25) is 9.59 Å². The van der Waals surface area contributed by atoms with Gasteiger partial charge in [0.25, 0.3) is 0 Å². The normalized spacial score (nSPS) is 18.5. The monoisotopic (exact) mass is 618 g/mol. The number of ether oxygens (including phenoxy) is 4. The lowest BCUT2D eigenvalue weighted by atomic mass is 9.87. The van der Waals surface area contributed by atoms with Crippen LogP contribution < -0.4 is 14.2 Å². The van der Waals surface area contributed by atoms with E-state index in [2.05, 4.69) is 10.3 Å². The van der Waals surface area contributed by atoms with Crippen LogP contribution in [0.4, 0.5) is 0 Å². The number of aryl methyl sites for hydroxylation is 1. The summed E-state index contributed by atoms with van der Waals surface area (Å²) >= 11 is 0. The van der Waals surface area contributed by atoms with Crippen LogP contribution in [0.5, 0.6) is 17.2 Å². The highest BCUT2D eigenvalue weighted by Gasteiger charge is 2.31. The van der Waals surface area contributed by atoms with Crippen LogP contribution in [-0.2, 0) is 34.5 Å². The number of aromatic nitrogens is 3. The Balaban J connectivity index is 1.33. The molecule has 10 nitrogen and oxygen atoms in total. The van der Waals surface area contributed by atoms with Crippen molar-refractivity contribution in [3.05, 3.63) is 53.7 Å². The molecule has 0 N–H and O–H groups in total. The zero-order valence-corrected chi connectivity index (χ0v) is 27.2. The van der Waals surface area contributed by atoms with Crippen molar-refractivity contribution in [2.75, 3.05) is 14.2 Å². The van der Waals surface area contributed by atoms with E-state index in [4.69, 9.17) is 18.9 Å². The zero-order chi connectivity index (χ0) is 31.9. The number of amides is 1. The van der Waals surface area contributed by atoms with Gasteiger partial charge in [-0.05, 0) is 88.8 Å². The van der Waals surface area contributed by atoms with Crippen LogP contribution in [0, 0.1) is 11.8 Å². The van der Waals surface area contributed by atoms with Crippen molar-refractivity contribution in [2.24, 2.45) is 18.9 Å². The average molecular weight is 619 g/mol. The van der Waals surface area contributed by atoms with Crippen LogP contribution in [0.3, 0.4) is 0 Å². The summed E-state index contributed by atoms with van der Waals surface area (Å²) in [5, 5.41) is 8.84. The van der Waals surface area contributed by atoms with Gasteiger partial charge in [-0.1, -0.05) is 18.1 Å². The lowest BCUT2D eigenvalue weighted by molar-refractivity contribution is -0.154. The Labute approximate surface area is 266 Å². The van der Waals surface area contributed by atoms with E-state index < -0.39 is 0 Å². The highest BCUT2D eigenvalue weighted by atomic mass is 16.5. The van der Waals surface area contributed by atoms with Crippen LogP contribution in [0.25, 0.3) is 11.3 Å². The topological polar surface area (TPSA) is 105 Å². The predicted octanol–water partition coefficient (Wildman–Crippen LogP) is 6.11. The van der Waals surface area contributed by atoms with Crippen LogP contribution in [-0.4, -0.2) is 58.2 Å². The van der Waals surface area contributed by atoms with Crippen molar-refractivity contribution >= 4 is 11.9 Å². The standard InChI is InChI=1S/C35H46N4O6/c1-23(2)44-35(41)26-11-8-12-30(19-26)45-28-16-13-24(14-17-28)33-31(38(3)37-36-33)22-39(34(40)25-9-6-7-10-25)21-27-15-18-29(42-4)20-32(27)43-5/h13-18,20,23,25-26,30H,6-12,19,21-22H2,1-5H3/t26-,30-/m0/s1. The molecule has 1 heterocycles. The molecule has 2 atom stereocenters. The number of rotatable bonds is 12. The molecule has 2 aliphatic carbocycles. The van der Waals surface area contributed by atoms with Gasteiger partial charge in [0.05, 0.1) is 44.6 Å². The first kappa shape index (κ1) is 32.3. The number of methoxy groups -OCH3 is 2. The quantitative estimate of drug-likeness (QED) is 0.224. The van der Waals surface area contributed by atoms with E-state index in [1.54, 1.807) is 18.9 Å². The van der Waals surface area contributed by atoms with Crippen LogP contribution >= 0.6 is 0 Å². The van der Waals surface area contributed by atoms with Gasteiger partial charge in [0.2, 0.25) is 5.91 Å². The fraction of sp³-hybridized carbons (Fsp3) is 0.543. The van der Waals surface area contributed by atoms with Gasteiger partial charge < -0.3 is 23.8 Å². The van der Waals surface area contributed by atoms with Crippen molar-refractivity contribution in [3.8, 4) is 28.5 Å². The largest absolute Gasteiger partial charge is 0.497 e. The fourth-order valence-corrected chi connectivity index (χ4v) is 6.47. The Bertz CT molecular complexity index is 1450. The molecule has 1 amide bonds. The predicted molar refractivity (Wildman–Crippen MR) is 170 cm³/mol. The van der Waals surface area contributed by atoms with Crippen LogP contribution in [0.1, 0.15) is 76.5 Å². The summed E-state index contributed by atoms with van der Waals surface area (Å²) < 4.78 is 24.5. The van der Waals surface area contributed by atoms with E-state index in [0.29, 0.717) is 31.0 Å². The molecule has 2 fully saturated rings. The molecule has 0 saturated heterocycles. The molecule has 5 rings (SSSR count). The molecular formula is C35H46N4O6. The van der Waals surface area contributed by atoms with Gasteiger partial charge >= 0.3 is 5.97 Å². The van der Waals surface area contributed by atoms with Crippen molar-refractivity contribution in [1.29, 1.82) is 0 Å². The minimum Gasteiger partial charge on any atom is -0.497 e. The van der Waals surface area contributed by atoms with Gasteiger partial charge in [0.1, 0.15) is 22.9 Å². The Morgan fingerprint density at radius 2 is 1.62 bits per heavy atom. The molecule has 0 bridgehead atoms. The highest BCUT2D eigenvalue weighted by Crippen LogP contribution is 2.33. The molecule has 0 aliphatic heterocycles. The summed E-state index contributed by atoms with van der Waals surface area (Å²) in [5.74, 6) is 2.03. The SMILES string of the molecule is COc1ccc(CN(Cc2c(-c3ccc(O[C@H]4CCC[C@H](C(=O)OC(C)C)C4)cc3)nnn2C)C(=O)C2CCCC2)c(OC)c1. The van der Waals surface area contributed by atoms with E-state index >= 15 is 0 Å². The number of hydrogen-bond donors (Lipinski definition) is 0. The second-order valence-electron chi connectivity index (χ2n) is 12.5. The Morgan fingerprint density at radius 3 is 2.31 bits per heavy atom. The first-order valence-corrected chi connectivity index (χ1v) is 16.1. The molecule has 2 aliphatic rings. The van der Waals surface area contributed by atoms with Crippen LogP contribution in [0.2, 0.25) is 0 Å². The maximum absolute atomic E-state index is 13.9. The minimum absolute atomic E-state index is 0.0157. The summed E-state index contributed by atoms with van der Waals surface area (Å²) in [5.41, 5.74) is 3.37. The first-order valence-electron chi connectivity index (χ1n) is 16.1. The van der Waals surface area contributed by atoms with Crippen molar-refractivity contribution in [3.63, 3.8) is 0 Å². The zero-order valence-electron chi connectivity index (χ0n) is 27.2. The molecule has 242 valence electrons. The summed E-state index contributed by atoms with van der Waals surface area (Å²) in [6, 6.07) is 13.5. The van der Waals surface area contributed by atoms with Gasteiger partial charge in [0, 0.05) is 36.7 Å². The third kappa shape index (κ3) is 7.96. The summed E-state index contributed by atoms with van der Waals surface area (Å²) in [6.07, 6.45) is 7.16. The van der Waals surface area contributed by atoms with E-state index in [1.807, 2.05) is 68.3 Å². The molecule has 10 heteroatoms. The van der Waals surface area contributed by atoms with Gasteiger partial charge in [-0.15, -0.1) is 5.10 Å². The highest BCUT2D eigenvalue weighted by molar-refractivity contribution is 5.79. The lowest BCUT2D eigenvalue weighted by Crippen LogP contribution is -2.35. The maximum Gasteiger partial charge on any atom is 0.309 e. The number of esters is 1. The maximum atomic E-state index is 13.9. The average Bonchev–Trinajstić information content (AvgIpc) is 3.71. The smallest absolute Gasteiger partial charge is 0.309 e. The lowest BCUT2D eigenvalue weighted by Gasteiger charge is -2.29. The number of nitrogens with zero attached hydrogens (tertiary/aromatic N) is 4. The molecule has 2 aromatic carbocycles. The molecule has 0 spiro atoms. The number of carbonyl (C=O) groups excluding carboxylic acids is 2. The van der Waals surface area contributed by atoms with Crippen molar-refractivity contribution < 1.29 is 28.5 Å². The molecule has 0 radical (unpaired) electrons. The molecule has 0 unspecified atom stereocenters. The van der Waals surface area contributed by atoms with E-state index in [1.165, 1.54) is 0 Å². The van der Waals surface area contributed by atoms with Gasteiger partial charge in [-0.25, -0.2) is 4.68 Å². The number of carbonyl (C=O) groups is 2. The minimum atomic E-state index is -0.130. The molecule has 3 aromatic rings. The van der Waals surface area contributed by atoms with Gasteiger partial charge in [0.15, 0.2) is 0 Å². The number of hydrogen-bond acceptors (Lipinski definition) is 8. The van der Waals surface area contributed by atoms with Crippen molar-refractivity contribution in [1.82, 2.24) is 19.9 Å². The van der Waals surface area contributed by atoms with Gasteiger partial charge in [-0.2, -0.15) is 0 Å². The fourth-order valence-electron chi connectivity index (χ4n) is 6.47. The van der Waals surface area contributed by atoms with Crippen LogP contribution in [0.15, 0.2) is 42.5 Å². The Kier molecular flexibility index (Phi) is 10.6. The summed E-state index contributed by atoms with van der Waals surface area (Å²) in [4.78, 5) is 28.2. The third-order valence-corrected chi connectivity index (χ3v) is 8.90. The molecule has 2 saturated carbocycles. The van der Waals surface area contributed by atoms with E-state index in [9.17, 15) is 9.59 Å². The third-order valence-electron chi connectivity index (χ3n) is 8.90. The number of benzene rings is 2. The summed E-state index contributed by atoms with van der Waals surface area (Å²) in [7, 11) is 5.11. The molecule has 1 aromatic heterocycles. The second kappa shape index (κ2) is 14.8. The van der Waals surface area contributed by atoms with E-state index in [-0.39, 0.29) is 35.9 Å². The second-order valence-corrected chi connectivity index (χ2v) is 12.5. The summed E-state index contributed by atoms with van der Waals surface area (Å²) in [6.45, 7) is 4.51. The van der Waals surface area contributed by atoms with Crippen molar-refractivity contribution in [2.45, 2.75) is 90.5 Å². The molecule has 45 heavy (non-hydrogen) atoms. The molecular weight excluding hydrogens is 572 g/mol.